The Morgan fingerprint density at radius 3 is 2.72 bits per heavy atom. The molecule has 0 aliphatic carbocycles. The van der Waals surface area contributed by atoms with Crippen molar-refractivity contribution in [3.8, 4) is 0 Å². The summed E-state index contributed by atoms with van der Waals surface area (Å²) in [4.78, 5) is 13.4. The van der Waals surface area contributed by atoms with Crippen LogP contribution in [-0.4, -0.2) is 28.6 Å². The summed E-state index contributed by atoms with van der Waals surface area (Å²) in [6.07, 6.45) is 0.741. The summed E-state index contributed by atoms with van der Waals surface area (Å²) in [5, 5.41) is 9.17. The van der Waals surface area contributed by atoms with Crippen LogP contribution >= 0.6 is 15.9 Å². The molecule has 98 valence electrons. The second-order valence-corrected chi connectivity index (χ2v) is 5.76. The number of carbonyl (C=O) groups is 1. The minimum atomic E-state index is -0.677. The number of aliphatic carboxylic acids is 1. The Bertz CT molecular complexity index is 449. The molecule has 18 heavy (non-hydrogen) atoms. The molecule has 1 aliphatic heterocycles. The van der Waals surface area contributed by atoms with Crippen molar-refractivity contribution in [1.29, 1.82) is 0 Å². The number of rotatable bonds is 3. The van der Waals surface area contributed by atoms with E-state index in [0.717, 1.165) is 17.4 Å². The molecule has 3 nitrogen and oxygen atoms in total. The van der Waals surface area contributed by atoms with Gasteiger partial charge in [-0.2, -0.15) is 0 Å². The molecule has 0 aromatic heterocycles. The van der Waals surface area contributed by atoms with Crippen LogP contribution in [0.2, 0.25) is 0 Å². The number of carboxylic acid groups (broad SMARTS) is 1. The Balaban J connectivity index is 2.18. The van der Waals surface area contributed by atoms with E-state index in [2.05, 4.69) is 33.8 Å². The van der Waals surface area contributed by atoms with E-state index < -0.39 is 5.97 Å². The molecule has 0 saturated carbocycles. The molecular formula is C14H18BrNO2. The zero-order valence-corrected chi connectivity index (χ0v) is 12.2. The van der Waals surface area contributed by atoms with E-state index in [9.17, 15) is 9.90 Å². The Kier molecular flexibility index (Phi) is 4.07. The summed E-state index contributed by atoms with van der Waals surface area (Å²) in [5.41, 5.74) is 1.22. The third-order valence-electron chi connectivity index (χ3n) is 3.97. The van der Waals surface area contributed by atoms with Crippen molar-refractivity contribution in [1.82, 2.24) is 4.90 Å². The molecule has 0 amide bonds. The molecular weight excluding hydrogens is 294 g/mol. The highest BCUT2D eigenvalue weighted by atomic mass is 79.9. The van der Waals surface area contributed by atoms with Crippen LogP contribution in [0.1, 0.15) is 31.9 Å². The molecule has 1 aromatic carbocycles. The molecule has 1 aromatic rings. The zero-order chi connectivity index (χ0) is 13.3. The van der Waals surface area contributed by atoms with Gasteiger partial charge >= 0.3 is 5.97 Å². The summed E-state index contributed by atoms with van der Waals surface area (Å²) in [7, 11) is 0. The van der Waals surface area contributed by atoms with Crippen LogP contribution < -0.4 is 0 Å². The number of nitrogens with zero attached hydrogens (tertiary/aromatic N) is 1. The minimum absolute atomic E-state index is 0.0876. The smallest absolute Gasteiger partial charge is 0.308 e. The SMILES string of the molecule is CC(c1ccccc1Br)N1CCC(C(=O)O)C1C. The number of carboxylic acids is 1. The van der Waals surface area contributed by atoms with Crippen LogP contribution in [-0.2, 0) is 4.79 Å². The molecule has 0 spiro atoms. The summed E-state index contributed by atoms with van der Waals surface area (Å²) < 4.78 is 1.09. The number of likely N-dealkylation sites (tertiary alicyclic amines) is 1. The fraction of sp³-hybridized carbons (Fsp3) is 0.500. The molecule has 1 N–H and O–H groups in total. The predicted molar refractivity (Wildman–Crippen MR) is 74.5 cm³/mol. The topological polar surface area (TPSA) is 40.5 Å². The molecule has 1 aliphatic rings. The highest BCUT2D eigenvalue weighted by Crippen LogP contribution is 2.35. The van der Waals surface area contributed by atoms with Crippen LogP contribution in [0.15, 0.2) is 28.7 Å². The molecule has 3 atom stereocenters. The standard InChI is InChI=1S/C14H18BrNO2/c1-9(11-5-3-4-6-13(11)15)16-8-7-12(10(16)2)14(17)18/h3-6,9-10,12H,7-8H2,1-2H3,(H,17,18). The van der Waals surface area contributed by atoms with E-state index in [-0.39, 0.29) is 18.0 Å². The molecule has 2 rings (SSSR count). The van der Waals surface area contributed by atoms with Gasteiger partial charge < -0.3 is 5.11 Å². The average Bonchev–Trinajstić information content (AvgIpc) is 2.71. The number of hydrogen-bond donors (Lipinski definition) is 1. The fourth-order valence-corrected chi connectivity index (χ4v) is 3.45. The molecule has 0 radical (unpaired) electrons. The molecule has 3 unspecified atom stereocenters. The second-order valence-electron chi connectivity index (χ2n) is 4.91. The lowest BCUT2D eigenvalue weighted by Gasteiger charge is -2.30. The fourth-order valence-electron chi connectivity index (χ4n) is 2.83. The van der Waals surface area contributed by atoms with Gasteiger partial charge in [-0.05, 0) is 38.4 Å². The van der Waals surface area contributed by atoms with Gasteiger partial charge in [0.15, 0.2) is 0 Å². The minimum Gasteiger partial charge on any atom is -0.481 e. The summed E-state index contributed by atoms with van der Waals surface area (Å²) in [6.45, 7) is 5.00. The van der Waals surface area contributed by atoms with Gasteiger partial charge in [0.25, 0.3) is 0 Å². The van der Waals surface area contributed by atoms with Gasteiger partial charge in [0.1, 0.15) is 0 Å². The van der Waals surface area contributed by atoms with E-state index in [1.54, 1.807) is 0 Å². The third-order valence-corrected chi connectivity index (χ3v) is 4.70. The Labute approximate surface area is 116 Å². The lowest BCUT2D eigenvalue weighted by molar-refractivity contribution is -0.142. The molecule has 0 bridgehead atoms. The predicted octanol–water partition coefficient (Wildman–Crippen LogP) is 3.31. The van der Waals surface area contributed by atoms with E-state index in [1.165, 1.54) is 5.56 Å². The molecule has 4 heteroatoms. The highest BCUT2D eigenvalue weighted by Gasteiger charge is 2.38. The van der Waals surface area contributed by atoms with Crippen LogP contribution in [0.25, 0.3) is 0 Å². The maximum atomic E-state index is 11.1. The second kappa shape index (κ2) is 5.41. The van der Waals surface area contributed by atoms with Gasteiger partial charge in [-0.3, -0.25) is 9.69 Å². The summed E-state index contributed by atoms with van der Waals surface area (Å²) >= 11 is 3.56. The van der Waals surface area contributed by atoms with Crippen LogP contribution in [0.5, 0.6) is 0 Å². The number of halogens is 1. The quantitative estimate of drug-likeness (QED) is 0.931. The van der Waals surface area contributed by atoms with Crippen molar-refractivity contribution in [3.63, 3.8) is 0 Å². The van der Waals surface area contributed by atoms with Crippen molar-refractivity contribution in [2.24, 2.45) is 5.92 Å². The normalized spacial score (nSPS) is 26.2. The van der Waals surface area contributed by atoms with Gasteiger partial charge in [-0.1, -0.05) is 34.1 Å². The zero-order valence-electron chi connectivity index (χ0n) is 10.6. The van der Waals surface area contributed by atoms with E-state index in [0.29, 0.717) is 0 Å². The van der Waals surface area contributed by atoms with Gasteiger partial charge in [0.05, 0.1) is 5.92 Å². The van der Waals surface area contributed by atoms with Crippen LogP contribution in [0.4, 0.5) is 0 Å². The summed E-state index contributed by atoms with van der Waals surface area (Å²) in [5.74, 6) is -0.917. The average molecular weight is 312 g/mol. The van der Waals surface area contributed by atoms with Gasteiger partial charge in [0.2, 0.25) is 0 Å². The van der Waals surface area contributed by atoms with Crippen molar-refractivity contribution in [2.75, 3.05) is 6.54 Å². The molecule has 1 fully saturated rings. The lowest BCUT2D eigenvalue weighted by Crippen LogP contribution is -2.35. The van der Waals surface area contributed by atoms with E-state index in [4.69, 9.17) is 0 Å². The Morgan fingerprint density at radius 1 is 1.50 bits per heavy atom. The van der Waals surface area contributed by atoms with Crippen LogP contribution in [0.3, 0.4) is 0 Å². The number of hydrogen-bond acceptors (Lipinski definition) is 2. The monoisotopic (exact) mass is 311 g/mol. The van der Waals surface area contributed by atoms with E-state index >= 15 is 0 Å². The maximum Gasteiger partial charge on any atom is 0.308 e. The van der Waals surface area contributed by atoms with Crippen LogP contribution in [0, 0.1) is 5.92 Å². The van der Waals surface area contributed by atoms with Gasteiger partial charge in [-0.15, -0.1) is 0 Å². The maximum absolute atomic E-state index is 11.1. The lowest BCUT2D eigenvalue weighted by atomic mass is 10.0. The molecule has 1 saturated heterocycles. The highest BCUT2D eigenvalue weighted by molar-refractivity contribution is 9.10. The third kappa shape index (κ3) is 2.45. The van der Waals surface area contributed by atoms with E-state index in [1.807, 2.05) is 25.1 Å². The Morgan fingerprint density at radius 2 is 2.17 bits per heavy atom. The first kappa shape index (κ1) is 13.6. The van der Waals surface area contributed by atoms with Crippen molar-refractivity contribution in [3.05, 3.63) is 34.3 Å². The first-order valence-corrected chi connectivity index (χ1v) is 7.04. The van der Waals surface area contributed by atoms with Crippen molar-refractivity contribution >= 4 is 21.9 Å². The summed E-state index contributed by atoms with van der Waals surface area (Å²) in [6, 6.07) is 8.46. The first-order valence-electron chi connectivity index (χ1n) is 6.25. The first-order chi connectivity index (χ1) is 8.52. The molecule has 1 heterocycles. The van der Waals surface area contributed by atoms with Gasteiger partial charge in [-0.25, -0.2) is 0 Å². The largest absolute Gasteiger partial charge is 0.481 e. The number of benzene rings is 1. The van der Waals surface area contributed by atoms with Gasteiger partial charge in [0, 0.05) is 16.6 Å². The Hall–Kier alpha value is -0.870. The van der Waals surface area contributed by atoms with Crippen molar-refractivity contribution < 1.29 is 9.90 Å². The van der Waals surface area contributed by atoms with Crippen molar-refractivity contribution in [2.45, 2.75) is 32.4 Å².